The number of hydrogen-bond acceptors (Lipinski definition) is 6. The van der Waals surface area contributed by atoms with E-state index in [0.29, 0.717) is 49.3 Å². The summed E-state index contributed by atoms with van der Waals surface area (Å²) in [4.78, 5) is 36.1. The number of carbonyl (C=O) groups excluding carboxylic acids is 3. The van der Waals surface area contributed by atoms with Gasteiger partial charge in [-0.15, -0.1) is 0 Å². The van der Waals surface area contributed by atoms with Crippen LogP contribution in [0.25, 0.3) is 0 Å². The van der Waals surface area contributed by atoms with Crippen LogP contribution < -0.4 is 20.1 Å². The highest BCUT2D eigenvalue weighted by molar-refractivity contribution is 5.89. The minimum absolute atomic E-state index is 0.00146. The van der Waals surface area contributed by atoms with Crippen LogP contribution in [0, 0.1) is 0 Å². The predicted octanol–water partition coefficient (Wildman–Crippen LogP) is 2.78. The number of ether oxygens (including phenoxy) is 3. The summed E-state index contributed by atoms with van der Waals surface area (Å²) in [5.74, 6) is 0.778. The number of methoxy groups -OCH3 is 3. The van der Waals surface area contributed by atoms with Gasteiger partial charge in [0.25, 0.3) is 0 Å². The van der Waals surface area contributed by atoms with Crippen LogP contribution in [0.2, 0.25) is 0 Å². The third-order valence-corrected chi connectivity index (χ3v) is 5.92. The fourth-order valence-corrected chi connectivity index (χ4v) is 4.08. The zero-order valence-corrected chi connectivity index (χ0v) is 19.2. The second kappa shape index (κ2) is 10.8. The predicted molar refractivity (Wildman–Crippen MR) is 122 cm³/mol. The van der Waals surface area contributed by atoms with Crippen LogP contribution in [0.1, 0.15) is 47.2 Å². The Hall–Kier alpha value is -3.55. The van der Waals surface area contributed by atoms with Crippen molar-refractivity contribution in [3.63, 3.8) is 0 Å². The van der Waals surface area contributed by atoms with Crippen LogP contribution in [-0.2, 0) is 27.3 Å². The van der Waals surface area contributed by atoms with Crippen LogP contribution in [0.15, 0.2) is 42.5 Å². The fraction of sp³-hybridized carbons (Fsp3) is 0.400. The van der Waals surface area contributed by atoms with Crippen LogP contribution in [0.5, 0.6) is 11.5 Å². The molecule has 8 heteroatoms. The van der Waals surface area contributed by atoms with Crippen molar-refractivity contribution in [2.75, 3.05) is 21.3 Å². The average molecular weight is 455 g/mol. The standard InChI is InChI=1S/C25H30N2O6/c1-31-20-9-6-18(14-21(20)32-2)15-25(13-11-23(29)27-25)12-10-22(28)26-16-17-4-7-19(8-5-17)24(30)33-3/h4-9,14H,10-13,15-16H2,1-3H3,(H,26,28)(H,27,29). The molecule has 1 fully saturated rings. The molecule has 33 heavy (non-hydrogen) atoms. The highest BCUT2D eigenvalue weighted by Crippen LogP contribution is 2.33. The van der Waals surface area contributed by atoms with Gasteiger partial charge in [0.15, 0.2) is 11.5 Å². The van der Waals surface area contributed by atoms with Crippen molar-refractivity contribution in [2.45, 2.75) is 44.2 Å². The van der Waals surface area contributed by atoms with E-state index in [1.807, 2.05) is 18.2 Å². The van der Waals surface area contributed by atoms with Crippen LogP contribution >= 0.6 is 0 Å². The van der Waals surface area contributed by atoms with Gasteiger partial charge in [0.2, 0.25) is 11.8 Å². The van der Waals surface area contributed by atoms with Crippen molar-refractivity contribution in [1.82, 2.24) is 10.6 Å². The highest BCUT2D eigenvalue weighted by Gasteiger charge is 2.38. The molecule has 0 saturated carbocycles. The van der Waals surface area contributed by atoms with Gasteiger partial charge in [0, 0.05) is 24.9 Å². The molecule has 2 aromatic carbocycles. The maximum atomic E-state index is 12.5. The molecule has 0 aromatic heterocycles. The second-order valence-electron chi connectivity index (χ2n) is 8.16. The monoisotopic (exact) mass is 454 g/mol. The lowest BCUT2D eigenvalue weighted by Crippen LogP contribution is -2.44. The summed E-state index contributed by atoms with van der Waals surface area (Å²) < 4.78 is 15.4. The van der Waals surface area contributed by atoms with Crippen molar-refractivity contribution in [2.24, 2.45) is 0 Å². The van der Waals surface area contributed by atoms with E-state index in [0.717, 1.165) is 11.1 Å². The van der Waals surface area contributed by atoms with Crippen molar-refractivity contribution in [3.8, 4) is 11.5 Å². The Morgan fingerprint density at radius 2 is 1.70 bits per heavy atom. The maximum Gasteiger partial charge on any atom is 0.337 e. The molecular weight excluding hydrogens is 424 g/mol. The minimum atomic E-state index is -0.476. The van der Waals surface area contributed by atoms with Gasteiger partial charge in [-0.1, -0.05) is 18.2 Å². The smallest absolute Gasteiger partial charge is 0.337 e. The molecule has 1 unspecified atom stereocenters. The van der Waals surface area contributed by atoms with Gasteiger partial charge in [-0.3, -0.25) is 9.59 Å². The summed E-state index contributed by atoms with van der Waals surface area (Å²) in [6.45, 7) is 0.356. The Labute approximate surface area is 193 Å². The number of carbonyl (C=O) groups is 3. The van der Waals surface area contributed by atoms with Crippen molar-refractivity contribution < 1.29 is 28.6 Å². The number of esters is 1. The molecule has 1 atom stereocenters. The van der Waals surface area contributed by atoms with Crippen LogP contribution in [0.3, 0.4) is 0 Å². The highest BCUT2D eigenvalue weighted by atomic mass is 16.5. The zero-order chi connectivity index (χ0) is 23.8. The first-order chi connectivity index (χ1) is 15.9. The summed E-state index contributed by atoms with van der Waals surface area (Å²) in [5, 5.41) is 6.01. The van der Waals surface area contributed by atoms with Gasteiger partial charge in [-0.2, -0.15) is 0 Å². The van der Waals surface area contributed by atoms with Gasteiger partial charge < -0.3 is 24.8 Å². The lowest BCUT2D eigenvalue weighted by Gasteiger charge is -2.29. The van der Waals surface area contributed by atoms with Crippen LogP contribution in [0.4, 0.5) is 0 Å². The molecule has 2 aromatic rings. The molecule has 0 aliphatic carbocycles. The van der Waals surface area contributed by atoms with E-state index < -0.39 is 11.5 Å². The first kappa shape index (κ1) is 24.1. The minimum Gasteiger partial charge on any atom is -0.493 e. The third kappa shape index (κ3) is 6.25. The van der Waals surface area contributed by atoms with Gasteiger partial charge in [0.1, 0.15) is 0 Å². The zero-order valence-electron chi connectivity index (χ0n) is 19.2. The summed E-state index contributed by atoms with van der Waals surface area (Å²) in [6, 6.07) is 12.6. The summed E-state index contributed by atoms with van der Waals surface area (Å²) in [5.41, 5.74) is 1.86. The number of amides is 2. The summed E-state index contributed by atoms with van der Waals surface area (Å²) >= 11 is 0. The Morgan fingerprint density at radius 1 is 1.00 bits per heavy atom. The van der Waals surface area contributed by atoms with Crippen molar-refractivity contribution >= 4 is 17.8 Å². The molecule has 2 amide bonds. The SMILES string of the molecule is COC(=O)c1ccc(CNC(=O)CCC2(Cc3ccc(OC)c(OC)c3)CCC(=O)N2)cc1. The molecule has 3 rings (SSSR count). The van der Waals surface area contributed by atoms with Gasteiger partial charge in [0.05, 0.1) is 26.9 Å². The molecule has 1 aliphatic heterocycles. The van der Waals surface area contributed by atoms with Gasteiger partial charge in [-0.25, -0.2) is 4.79 Å². The largest absolute Gasteiger partial charge is 0.493 e. The molecule has 1 saturated heterocycles. The molecule has 0 spiro atoms. The summed E-state index contributed by atoms with van der Waals surface area (Å²) in [7, 11) is 4.51. The second-order valence-corrected chi connectivity index (χ2v) is 8.16. The molecule has 1 heterocycles. The number of hydrogen-bond donors (Lipinski definition) is 2. The molecule has 2 N–H and O–H groups in total. The van der Waals surface area contributed by atoms with Gasteiger partial charge >= 0.3 is 5.97 Å². The molecule has 0 bridgehead atoms. The Bertz CT molecular complexity index is 1000. The lowest BCUT2D eigenvalue weighted by molar-refractivity contribution is -0.122. The quantitative estimate of drug-likeness (QED) is 0.535. The van der Waals surface area contributed by atoms with E-state index in [9.17, 15) is 14.4 Å². The number of rotatable bonds is 10. The van der Waals surface area contributed by atoms with Crippen LogP contribution in [-0.4, -0.2) is 44.7 Å². The first-order valence-electron chi connectivity index (χ1n) is 10.8. The normalized spacial score (nSPS) is 17.2. The van der Waals surface area contributed by atoms with Gasteiger partial charge in [-0.05, 0) is 54.7 Å². The van der Waals surface area contributed by atoms with E-state index in [1.54, 1.807) is 38.5 Å². The third-order valence-electron chi connectivity index (χ3n) is 5.92. The number of nitrogens with one attached hydrogen (secondary N) is 2. The summed E-state index contributed by atoms with van der Waals surface area (Å²) in [6.07, 6.45) is 2.53. The maximum absolute atomic E-state index is 12.5. The molecule has 1 aliphatic rings. The molecular formula is C25H30N2O6. The van der Waals surface area contributed by atoms with E-state index in [2.05, 4.69) is 15.4 Å². The first-order valence-corrected chi connectivity index (χ1v) is 10.8. The van der Waals surface area contributed by atoms with E-state index in [1.165, 1.54) is 7.11 Å². The van der Waals surface area contributed by atoms with E-state index >= 15 is 0 Å². The van der Waals surface area contributed by atoms with Crippen molar-refractivity contribution in [1.29, 1.82) is 0 Å². The number of benzene rings is 2. The Morgan fingerprint density at radius 3 is 2.30 bits per heavy atom. The van der Waals surface area contributed by atoms with Crippen molar-refractivity contribution in [3.05, 3.63) is 59.2 Å². The average Bonchev–Trinajstić information content (AvgIpc) is 3.21. The van der Waals surface area contributed by atoms with E-state index in [-0.39, 0.29) is 18.2 Å². The Kier molecular flexibility index (Phi) is 7.92. The molecule has 176 valence electrons. The lowest BCUT2D eigenvalue weighted by atomic mass is 9.85. The van der Waals surface area contributed by atoms with E-state index in [4.69, 9.17) is 9.47 Å². The molecule has 0 radical (unpaired) electrons. The fourth-order valence-electron chi connectivity index (χ4n) is 4.08. The Balaban J connectivity index is 1.59. The topological polar surface area (TPSA) is 103 Å². The molecule has 8 nitrogen and oxygen atoms in total.